The fourth-order valence-corrected chi connectivity index (χ4v) is 1.97. The van der Waals surface area contributed by atoms with Gasteiger partial charge in [0.25, 0.3) is 0 Å². The van der Waals surface area contributed by atoms with Gasteiger partial charge in [0.15, 0.2) is 5.75 Å². The number of rotatable bonds is 5. The normalized spacial score (nSPS) is 10.2. The molecule has 0 amide bonds. The predicted molar refractivity (Wildman–Crippen MR) is 80.6 cm³/mol. The Bertz CT molecular complexity index is 567. The van der Waals surface area contributed by atoms with Crippen LogP contribution in [-0.4, -0.2) is 9.97 Å². The van der Waals surface area contributed by atoms with Crippen LogP contribution in [0.2, 0.25) is 0 Å². The molecule has 0 aliphatic carbocycles. The molecule has 0 radical (unpaired) electrons. The third kappa shape index (κ3) is 3.51. The van der Waals surface area contributed by atoms with Crippen molar-refractivity contribution in [2.45, 2.75) is 19.8 Å². The minimum Gasteiger partial charge on any atom is -0.455 e. The van der Waals surface area contributed by atoms with Gasteiger partial charge in [0, 0.05) is 6.20 Å². The van der Waals surface area contributed by atoms with Gasteiger partial charge in [-0.15, -0.1) is 0 Å². The van der Waals surface area contributed by atoms with E-state index in [0.29, 0.717) is 16.3 Å². The van der Waals surface area contributed by atoms with E-state index in [1.807, 2.05) is 12.1 Å². The van der Waals surface area contributed by atoms with E-state index in [9.17, 15) is 0 Å². The molecule has 2 N–H and O–H groups in total. The first-order valence-electron chi connectivity index (χ1n) is 6.21. The van der Waals surface area contributed by atoms with Crippen LogP contribution in [0.5, 0.6) is 11.5 Å². The molecule has 0 aliphatic rings. The van der Waals surface area contributed by atoms with Gasteiger partial charge in [-0.2, -0.15) is 0 Å². The molecular weight excluding hydrogens is 256 g/mol. The standard InChI is InChI=1S/C15H16N2OS/c1-2-3-11-4-6-12(7-5-11)18-14-10-17-9-8-13(14)15(16)19/h4-10H,2-3H2,1H3,(H2,16,19). The number of nitrogens with zero attached hydrogens (tertiary/aromatic N) is 1. The van der Waals surface area contributed by atoms with Crippen LogP contribution in [0.25, 0.3) is 0 Å². The van der Waals surface area contributed by atoms with E-state index in [-0.39, 0.29) is 0 Å². The van der Waals surface area contributed by atoms with E-state index in [2.05, 4.69) is 24.0 Å². The van der Waals surface area contributed by atoms with Crippen molar-refractivity contribution in [2.75, 3.05) is 0 Å². The number of hydrogen-bond acceptors (Lipinski definition) is 3. The maximum absolute atomic E-state index is 5.77. The molecule has 0 bridgehead atoms. The molecular formula is C15H16N2OS. The van der Waals surface area contributed by atoms with Gasteiger partial charge in [0.1, 0.15) is 10.7 Å². The Morgan fingerprint density at radius 2 is 2.00 bits per heavy atom. The van der Waals surface area contributed by atoms with Gasteiger partial charge in [-0.3, -0.25) is 4.98 Å². The Kier molecular flexibility index (Phi) is 4.47. The van der Waals surface area contributed by atoms with E-state index >= 15 is 0 Å². The van der Waals surface area contributed by atoms with E-state index in [1.165, 1.54) is 5.56 Å². The van der Waals surface area contributed by atoms with Crippen molar-refractivity contribution >= 4 is 17.2 Å². The number of aromatic nitrogens is 1. The third-order valence-corrected chi connectivity index (χ3v) is 2.96. The Labute approximate surface area is 118 Å². The van der Waals surface area contributed by atoms with Crippen LogP contribution >= 0.6 is 12.2 Å². The smallest absolute Gasteiger partial charge is 0.155 e. The van der Waals surface area contributed by atoms with Gasteiger partial charge in [-0.1, -0.05) is 37.7 Å². The molecule has 1 heterocycles. The van der Waals surface area contributed by atoms with Crippen LogP contribution in [0.3, 0.4) is 0 Å². The summed E-state index contributed by atoms with van der Waals surface area (Å²) in [5.74, 6) is 1.34. The molecule has 0 atom stereocenters. The lowest BCUT2D eigenvalue weighted by molar-refractivity contribution is 0.479. The van der Waals surface area contributed by atoms with E-state index in [4.69, 9.17) is 22.7 Å². The first-order valence-corrected chi connectivity index (χ1v) is 6.62. The van der Waals surface area contributed by atoms with Gasteiger partial charge in [0.05, 0.1) is 11.8 Å². The van der Waals surface area contributed by atoms with Crippen LogP contribution in [0, 0.1) is 0 Å². The van der Waals surface area contributed by atoms with Gasteiger partial charge in [-0.25, -0.2) is 0 Å². The summed E-state index contributed by atoms with van der Waals surface area (Å²) in [5.41, 5.74) is 7.65. The summed E-state index contributed by atoms with van der Waals surface area (Å²) in [6.45, 7) is 2.16. The molecule has 3 nitrogen and oxygen atoms in total. The zero-order chi connectivity index (χ0) is 13.7. The first-order chi connectivity index (χ1) is 9.20. The van der Waals surface area contributed by atoms with Crippen molar-refractivity contribution in [3.05, 3.63) is 53.9 Å². The average Bonchev–Trinajstić information content (AvgIpc) is 2.42. The molecule has 0 saturated carbocycles. The summed E-state index contributed by atoms with van der Waals surface area (Å²) in [5, 5.41) is 0. The molecule has 19 heavy (non-hydrogen) atoms. The summed E-state index contributed by atoms with van der Waals surface area (Å²) in [7, 11) is 0. The maximum atomic E-state index is 5.77. The molecule has 0 saturated heterocycles. The number of benzene rings is 1. The highest BCUT2D eigenvalue weighted by molar-refractivity contribution is 7.80. The largest absolute Gasteiger partial charge is 0.455 e. The molecule has 1 aromatic carbocycles. The lowest BCUT2D eigenvalue weighted by Crippen LogP contribution is -2.10. The summed E-state index contributed by atoms with van der Waals surface area (Å²) in [6.07, 6.45) is 5.47. The fraction of sp³-hybridized carbons (Fsp3) is 0.200. The molecule has 2 aromatic rings. The van der Waals surface area contributed by atoms with Crippen LogP contribution in [0.1, 0.15) is 24.5 Å². The summed E-state index contributed by atoms with van der Waals surface area (Å²) in [4.78, 5) is 4.34. The number of aryl methyl sites for hydroxylation is 1. The number of thiocarbonyl (C=S) groups is 1. The zero-order valence-electron chi connectivity index (χ0n) is 10.8. The second-order valence-corrected chi connectivity index (χ2v) is 4.67. The predicted octanol–water partition coefficient (Wildman–Crippen LogP) is 3.46. The molecule has 2 rings (SSSR count). The van der Waals surface area contributed by atoms with Crippen LogP contribution in [-0.2, 0) is 6.42 Å². The minimum absolute atomic E-state index is 0.306. The summed E-state index contributed by atoms with van der Waals surface area (Å²) >= 11 is 4.99. The SMILES string of the molecule is CCCc1ccc(Oc2cnccc2C(N)=S)cc1. The van der Waals surface area contributed by atoms with Gasteiger partial charge < -0.3 is 10.5 Å². The lowest BCUT2D eigenvalue weighted by atomic mass is 10.1. The Morgan fingerprint density at radius 3 is 2.63 bits per heavy atom. The summed E-state index contributed by atoms with van der Waals surface area (Å²) < 4.78 is 5.77. The van der Waals surface area contributed by atoms with Crippen molar-refractivity contribution in [1.29, 1.82) is 0 Å². The highest BCUT2D eigenvalue weighted by atomic mass is 32.1. The molecule has 98 valence electrons. The van der Waals surface area contributed by atoms with Crippen LogP contribution in [0.15, 0.2) is 42.7 Å². The van der Waals surface area contributed by atoms with Gasteiger partial charge in [0.2, 0.25) is 0 Å². The molecule has 0 unspecified atom stereocenters. The van der Waals surface area contributed by atoms with Crippen LogP contribution < -0.4 is 10.5 Å². The molecule has 0 fully saturated rings. The first kappa shape index (κ1) is 13.5. The Hall–Kier alpha value is -1.94. The van der Waals surface area contributed by atoms with E-state index < -0.39 is 0 Å². The molecule has 4 heteroatoms. The lowest BCUT2D eigenvalue weighted by Gasteiger charge is -2.10. The highest BCUT2D eigenvalue weighted by Gasteiger charge is 2.07. The number of hydrogen-bond donors (Lipinski definition) is 1. The Morgan fingerprint density at radius 1 is 1.26 bits per heavy atom. The monoisotopic (exact) mass is 272 g/mol. The van der Waals surface area contributed by atoms with Gasteiger partial charge >= 0.3 is 0 Å². The Balaban J connectivity index is 2.19. The van der Waals surface area contributed by atoms with Crippen molar-refractivity contribution in [3.8, 4) is 11.5 Å². The maximum Gasteiger partial charge on any atom is 0.155 e. The second kappa shape index (κ2) is 6.29. The fourth-order valence-electron chi connectivity index (χ4n) is 1.80. The topological polar surface area (TPSA) is 48.1 Å². The summed E-state index contributed by atoms with van der Waals surface area (Å²) in [6, 6.07) is 9.77. The van der Waals surface area contributed by atoms with Gasteiger partial charge in [-0.05, 0) is 30.2 Å². The number of pyridine rings is 1. The molecule has 0 aliphatic heterocycles. The highest BCUT2D eigenvalue weighted by Crippen LogP contribution is 2.24. The van der Waals surface area contributed by atoms with Crippen molar-refractivity contribution in [2.24, 2.45) is 5.73 Å². The van der Waals surface area contributed by atoms with E-state index in [1.54, 1.807) is 18.5 Å². The molecule has 1 aromatic heterocycles. The molecule has 0 spiro atoms. The van der Waals surface area contributed by atoms with Crippen molar-refractivity contribution in [3.63, 3.8) is 0 Å². The number of ether oxygens (including phenoxy) is 1. The zero-order valence-corrected chi connectivity index (χ0v) is 11.6. The number of nitrogens with two attached hydrogens (primary N) is 1. The van der Waals surface area contributed by atoms with Crippen molar-refractivity contribution in [1.82, 2.24) is 4.98 Å². The van der Waals surface area contributed by atoms with E-state index in [0.717, 1.165) is 18.6 Å². The third-order valence-electron chi connectivity index (χ3n) is 2.74. The quantitative estimate of drug-likeness (QED) is 0.847. The van der Waals surface area contributed by atoms with Crippen LogP contribution in [0.4, 0.5) is 0 Å². The second-order valence-electron chi connectivity index (χ2n) is 4.23. The minimum atomic E-state index is 0.306. The average molecular weight is 272 g/mol. The van der Waals surface area contributed by atoms with Crippen molar-refractivity contribution < 1.29 is 4.74 Å².